The second-order valence-corrected chi connectivity index (χ2v) is 11.0. The maximum Gasteiger partial charge on any atom is 0.326 e. The van der Waals surface area contributed by atoms with Crippen molar-refractivity contribution in [3.63, 3.8) is 0 Å². The van der Waals surface area contributed by atoms with Crippen molar-refractivity contribution < 1.29 is 23.9 Å². The number of carbonyl (C=O) groups is 4. The zero-order valence-electron chi connectivity index (χ0n) is 20.4. The first kappa shape index (κ1) is 24.8. The molecule has 0 spiro atoms. The summed E-state index contributed by atoms with van der Waals surface area (Å²) in [5, 5.41) is 0. The summed E-state index contributed by atoms with van der Waals surface area (Å²) in [6.45, 7) is 1.09. The lowest BCUT2D eigenvalue weighted by Gasteiger charge is -2.54. The van der Waals surface area contributed by atoms with Crippen LogP contribution in [-0.2, 0) is 28.9 Å². The minimum Gasteiger partial charge on any atom is -0.453 e. The summed E-state index contributed by atoms with van der Waals surface area (Å²) in [5.41, 5.74) is 3.14. The van der Waals surface area contributed by atoms with E-state index in [9.17, 15) is 19.2 Å². The number of ketones is 1. The van der Waals surface area contributed by atoms with Crippen LogP contribution in [0.25, 0.3) is 0 Å². The van der Waals surface area contributed by atoms with E-state index in [4.69, 9.17) is 27.9 Å². The van der Waals surface area contributed by atoms with Crippen molar-refractivity contribution in [1.82, 2.24) is 4.90 Å². The number of hydrogen-bond acceptors (Lipinski definition) is 5. The Labute approximate surface area is 229 Å². The van der Waals surface area contributed by atoms with Gasteiger partial charge in [-0.15, -0.1) is 23.2 Å². The van der Waals surface area contributed by atoms with Crippen LogP contribution in [0.4, 0.5) is 0 Å². The van der Waals surface area contributed by atoms with Gasteiger partial charge in [-0.1, -0.05) is 85.8 Å². The van der Waals surface area contributed by atoms with Crippen LogP contribution in [-0.4, -0.2) is 41.1 Å². The molecular formula is C30H23Cl2NO5. The summed E-state index contributed by atoms with van der Waals surface area (Å²) in [5.74, 6) is -4.36. The van der Waals surface area contributed by atoms with E-state index >= 15 is 0 Å². The molecule has 3 aliphatic carbocycles. The van der Waals surface area contributed by atoms with Crippen molar-refractivity contribution in [2.45, 2.75) is 29.2 Å². The molecule has 1 saturated heterocycles. The van der Waals surface area contributed by atoms with Gasteiger partial charge in [0.05, 0.1) is 11.8 Å². The highest BCUT2D eigenvalue weighted by molar-refractivity contribution is 6.36. The Morgan fingerprint density at radius 1 is 0.789 bits per heavy atom. The molecule has 2 bridgehead atoms. The number of carbonyl (C=O) groups excluding carboxylic acids is 4. The maximum absolute atomic E-state index is 13.8. The fraction of sp³-hybridized carbons (Fsp3) is 0.267. The van der Waals surface area contributed by atoms with Gasteiger partial charge in [-0.05, 0) is 28.7 Å². The van der Waals surface area contributed by atoms with Gasteiger partial charge in [-0.3, -0.25) is 24.1 Å². The van der Waals surface area contributed by atoms with Crippen molar-refractivity contribution in [3.05, 3.63) is 107 Å². The number of halogens is 2. The molecule has 0 N–H and O–H groups in total. The third-order valence-corrected chi connectivity index (χ3v) is 9.24. The number of benzene rings is 3. The Morgan fingerprint density at radius 2 is 1.21 bits per heavy atom. The Hall–Kier alpha value is -3.48. The number of amides is 2. The van der Waals surface area contributed by atoms with Gasteiger partial charge in [0.1, 0.15) is 16.3 Å². The second kappa shape index (κ2) is 8.79. The highest BCUT2D eigenvalue weighted by Crippen LogP contribution is 2.69. The molecule has 3 atom stereocenters. The van der Waals surface area contributed by atoms with Crippen LogP contribution in [0.1, 0.15) is 46.0 Å². The number of alkyl halides is 2. The van der Waals surface area contributed by atoms with Crippen LogP contribution in [0.3, 0.4) is 0 Å². The van der Waals surface area contributed by atoms with Crippen molar-refractivity contribution in [1.29, 1.82) is 0 Å². The predicted octanol–water partition coefficient (Wildman–Crippen LogP) is 4.78. The van der Waals surface area contributed by atoms with Gasteiger partial charge >= 0.3 is 5.97 Å². The molecule has 4 aliphatic rings. The lowest BCUT2D eigenvalue weighted by molar-refractivity contribution is -0.155. The fourth-order valence-electron chi connectivity index (χ4n) is 6.32. The first-order valence-corrected chi connectivity index (χ1v) is 13.2. The molecule has 0 unspecified atom stereocenters. The van der Waals surface area contributed by atoms with Gasteiger partial charge in [-0.2, -0.15) is 0 Å². The lowest BCUT2D eigenvalue weighted by Crippen LogP contribution is -2.57. The molecule has 0 radical (unpaired) electrons. The molecule has 2 amide bonds. The maximum atomic E-state index is 13.8. The minimum absolute atomic E-state index is 0.243. The van der Waals surface area contributed by atoms with E-state index in [-0.39, 0.29) is 12.2 Å². The van der Waals surface area contributed by atoms with E-state index in [1.54, 1.807) is 37.3 Å². The van der Waals surface area contributed by atoms with Crippen LogP contribution in [0.15, 0.2) is 78.9 Å². The summed E-state index contributed by atoms with van der Waals surface area (Å²) in [6, 6.07) is 23.1. The van der Waals surface area contributed by atoms with Crippen LogP contribution >= 0.6 is 23.2 Å². The van der Waals surface area contributed by atoms with Crippen LogP contribution in [0.2, 0.25) is 0 Å². The van der Waals surface area contributed by atoms with Gasteiger partial charge in [0.15, 0.2) is 6.10 Å². The van der Waals surface area contributed by atoms with Crippen molar-refractivity contribution in [2.75, 3.05) is 6.54 Å². The molecule has 6 nitrogen and oxygen atoms in total. The standard InChI is InChI=1S/C30H23Cl2NO5/c1-2-22(26(35)17-10-4-3-5-11-17)38-23(34)16-33-27(36)24-25(28(33)37)30(32)19-13-7-6-12-18(19)29(24,31)20-14-8-9-15-21(20)30/h3-15,22,24-25H,2,16H2,1H3/t22-,24-,25+,29?,30?/m0/s1. The van der Waals surface area contributed by atoms with Gasteiger partial charge in [0.2, 0.25) is 17.6 Å². The molecule has 1 heterocycles. The van der Waals surface area contributed by atoms with E-state index in [1.165, 1.54) is 0 Å². The fourth-order valence-corrected chi connectivity index (χ4v) is 7.41. The highest BCUT2D eigenvalue weighted by Gasteiger charge is 2.73. The molecule has 1 aliphatic heterocycles. The van der Waals surface area contributed by atoms with Gasteiger partial charge < -0.3 is 4.74 Å². The van der Waals surface area contributed by atoms with E-state index in [0.717, 1.165) is 4.90 Å². The van der Waals surface area contributed by atoms with E-state index in [0.29, 0.717) is 27.8 Å². The van der Waals surface area contributed by atoms with E-state index < -0.39 is 52.0 Å². The molecule has 0 saturated carbocycles. The average molecular weight is 548 g/mol. The molecule has 8 heteroatoms. The number of nitrogens with zero attached hydrogens (tertiary/aromatic N) is 1. The van der Waals surface area contributed by atoms with Crippen LogP contribution < -0.4 is 0 Å². The monoisotopic (exact) mass is 547 g/mol. The molecular weight excluding hydrogens is 525 g/mol. The normalized spacial score (nSPS) is 27.4. The summed E-state index contributed by atoms with van der Waals surface area (Å²) < 4.78 is 5.47. The number of ether oxygens (including phenoxy) is 1. The third kappa shape index (κ3) is 3.20. The van der Waals surface area contributed by atoms with E-state index in [1.807, 2.05) is 48.5 Å². The topological polar surface area (TPSA) is 80.8 Å². The van der Waals surface area contributed by atoms with Crippen molar-refractivity contribution >= 4 is 46.8 Å². The van der Waals surface area contributed by atoms with Crippen molar-refractivity contribution in [3.8, 4) is 0 Å². The molecule has 192 valence electrons. The molecule has 3 aromatic carbocycles. The third-order valence-electron chi connectivity index (χ3n) is 7.96. The molecule has 0 aromatic heterocycles. The zero-order chi connectivity index (χ0) is 26.8. The summed E-state index contributed by atoms with van der Waals surface area (Å²) in [6.07, 6.45) is -0.796. The minimum atomic E-state index is -1.32. The smallest absolute Gasteiger partial charge is 0.326 e. The van der Waals surface area contributed by atoms with Crippen LogP contribution in [0, 0.1) is 11.8 Å². The molecule has 3 aromatic rings. The Morgan fingerprint density at radius 3 is 1.63 bits per heavy atom. The van der Waals surface area contributed by atoms with E-state index in [2.05, 4.69) is 0 Å². The summed E-state index contributed by atoms with van der Waals surface area (Å²) in [4.78, 5) is 51.8. The summed E-state index contributed by atoms with van der Waals surface area (Å²) >= 11 is 14.8. The average Bonchev–Trinajstić information content (AvgIpc) is 3.20. The number of rotatable bonds is 6. The number of imide groups is 1. The molecule has 38 heavy (non-hydrogen) atoms. The number of hydrogen-bond donors (Lipinski definition) is 0. The van der Waals surface area contributed by atoms with Crippen molar-refractivity contribution in [2.24, 2.45) is 11.8 Å². The highest BCUT2D eigenvalue weighted by atomic mass is 35.5. The SMILES string of the molecule is CC[C@H](OC(=O)CN1C(=O)[C@@H]2[C@H](C1=O)C1(Cl)c3ccccc3C2(Cl)c2ccccc21)C(=O)c1ccccc1. The zero-order valence-corrected chi connectivity index (χ0v) is 21.9. The molecule has 1 fully saturated rings. The van der Waals surface area contributed by atoms with Gasteiger partial charge in [-0.25, -0.2) is 0 Å². The second-order valence-electron chi connectivity index (χ2n) is 9.85. The number of likely N-dealkylation sites (tertiary alicyclic amines) is 1. The molecule has 7 rings (SSSR count). The quantitative estimate of drug-likeness (QED) is 0.192. The lowest BCUT2D eigenvalue weighted by atomic mass is 9.54. The van der Waals surface area contributed by atoms with Gasteiger partial charge in [0, 0.05) is 5.56 Å². The van der Waals surface area contributed by atoms with Gasteiger partial charge in [0.25, 0.3) is 0 Å². The first-order chi connectivity index (χ1) is 18.2. The first-order valence-electron chi connectivity index (χ1n) is 12.5. The Bertz CT molecular complexity index is 1380. The Kier molecular flexibility index (Phi) is 5.74. The number of esters is 1. The largest absolute Gasteiger partial charge is 0.453 e. The predicted molar refractivity (Wildman–Crippen MR) is 141 cm³/mol. The summed E-state index contributed by atoms with van der Waals surface area (Å²) in [7, 11) is 0. The number of Topliss-reactive ketones (excluding diaryl/α,β-unsaturated/α-hetero) is 1. The van der Waals surface area contributed by atoms with Crippen LogP contribution in [0.5, 0.6) is 0 Å². The Balaban J connectivity index is 1.33.